The molecule has 0 spiro atoms. The molecule has 1 amide bonds. The maximum atomic E-state index is 12.4. The van der Waals surface area contributed by atoms with Crippen LogP contribution in [0.1, 0.15) is 25.1 Å². The van der Waals surface area contributed by atoms with E-state index in [1.54, 1.807) is 33.7 Å². The molecule has 8 heteroatoms. The van der Waals surface area contributed by atoms with Crippen molar-refractivity contribution in [3.63, 3.8) is 0 Å². The fourth-order valence-corrected chi connectivity index (χ4v) is 2.11. The van der Waals surface area contributed by atoms with E-state index in [1.165, 1.54) is 0 Å². The molecule has 3 aromatic rings. The number of anilines is 1. The van der Waals surface area contributed by atoms with E-state index in [4.69, 9.17) is 0 Å². The van der Waals surface area contributed by atoms with Gasteiger partial charge in [-0.1, -0.05) is 6.92 Å². The van der Waals surface area contributed by atoms with Gasteiger partial charge in [-0.05, 0) is 25.5 Å². The number of nitrogens with zero attached hydrogens (tertiary/aromatic N) is 6. The van der Waals surface area contributed by atoms with Crippen molar-refractivity contribution in [1.29, 1.82) is 0 Å². The summed E-state index contributed by atoms with van der Waals surface area (Å²) >= 11 is 0. The van der Waals surface area contributed by atoms with E-state index >= 15 is 0 Å². The molecule has 21 heavy (non-hydrogen) atoms. The number of fused-ring (bicyclic) bond motifs is 1. The van der Waals surface area contributed by atoms with Gasteiger partial charge in [0.05, 0.1) is 0 Å². The first-order chi connectivity index (χ1) is 10.2. The number of aryl methyl sites for hydroxylation is 1. The number of carbonyl (C=O) groups is 1. The Labute approximate surface area is 120 Å². The number of amides is 1. The zero-order valence-corrected chi connectivity index (χ0v) is 11.8. The number of hydrogen-bond acceptors (Lipinski definition) is 5. The largest absolute Gasteiger partial charge is 0.292 e. The average molecular weight is 285 g/mol. The minimum absolute atomic E-state index is 0.184. The highest BCUT2D eigenvalue weighted by Gasteiger charge is 2.20. The molecule has 1 atom stereocenters. The first-order valence-corrected chi connectivity index (χ1v) is 6.67. The molecule has 0 aliphatic heterocycles. The molecule has 0 aliphatic carbocycles. The van der Waals surface area contributed by atoms with Crippen molar-refractivity contribution in [3.8, 4) is 0 Å². The van der Waals surface area contributed by atoms with Gasteiger partial charge in [0.25, 0.3) is 11.7 Å². The average Bonchev–Trinajstić information content (AvgIpc) is 3.10. The van der Waals surface area contributed by atoms with Crippen LogP contribution in [-0.2, 0) is 4.79 Å². The third kappa shape index (κ3) is 2.47. The number of carbonyl (C=O) groups excluding carboxylic acids is 1. The summed E-state index contributed by atoms with van der Waals surface area (Å²) in [5, 5.41) is 14.8. The molecule has 0 saturated heterocycles. The second kappa shape index (κ2) is 5.31. The number of nitrogens with one attached hydrogen (secondary N) is 1. The van der Waals surface area contributed by atoms with Crippen LogP contribution in [-0.4, -0.2) is 35.3 Å². The third-order valence-corrected chi connectivity index (χ3v) is 3.19. The Morgan fingerprint density at radius 3 is 2.95 bits per heavy atom. The van der Waals surface area contributed by atoms with Crippen molar-refractivity contribution in [2.24, 2.45) is 0 Å². The summed E-state index contributed by atoms with van der Waals surface area (Å²) in [4.78, 5) is 16.6. The summed E-state index contributed by atoms with van der Waals surface area (Å²) in [5.74, 6) is 0.626. The quantitative estimate of drug-likeness (QED) is 0.778. The molecule has 0 aromatic carbocycles. The van der Waals surface area contributed by atoms with E-state index in [-0.39, 0.29) is 11.9 Å². The van der Waals surface area contributed by atoms with Crippen LogP contribution >= 0.6 is 0 Å². The Bertz CT molecular complexity index is 762. The Morgan fingerprint density at radius 2 is 2.24 bits per heavy atom. The molecule has 0 fully saturated rings. The van der Waals surface area contributed by atoms with Crippen molar-refractivity contribution in [1.82, 2.24) is 29.4 Å². The Kier molecular flexibility index (Phi) is 3.35. The molecule has 0 bridgehead atoms. The van der Waals surface area contributed by atoms with Crippen LogP contribution in [0.5, 0.6) is 0 Å². The maximum Gasteiger partial charge on any atom is 0.256 e. The standard InChI is InChI=1S/C13H15N7O/c1-3-10(20-7-4-6-14-20)11(21)16-13-18-17-12-15-9(2)5-8-19(12)13/h4-8,10H,3H2,1-2H3,(H,16,18,21)/t10-/m0/s1. The fraction of sp³-hybridized carbons (Fsp3) is 0.308. The van der Waals surface area contributed by atoms with E-state index in [9.17, 15) is 4.79 Å². The summed E-state index contributed by atoms with van der Waals surface area (Å²) in [6.07, 6.45) is 5.82. The van der Waals surface area contributed by atoms with Crippen LogP contribution in [0.15, 0.2) is 30.7 Å². The van der Waals surface area contributed by atoms with Crippen molar-refractivity contribution < 1.29 is 4.79 Å². The van der Waals surface area contributed by atoms with Gasteiger partial charge in [-0.25, -0.2) is 4.98 Å². The van der Waals surface area contributed by atoms with Gasteiger partial charge < -0.3 is 0 Å². The fourth-order valence-electron chi connectivity index (χ4n) is 2.11. The highest BCUT2D eigenvalue weighted by molar-refractivity contribution is 5.92. The molecule has 0 aliphatic rings. The van der Waals surface area contributed by atoms with Crippen molar-refractivity contribution >= 4 is 17.6 Å². The van der Waals surface area contributed by atoms with Crippen LogP contribution in [0.2, 0.25) is 0 Å². The molecule has 0 unspecified atom stereocenters. The summed E-state index contributed by atoms with van der Waals surface area (Å²) in [6.45, 7) is 3.80. The van der Waals surface area contributed by atoms with Crippen LogP contribution in [0.25, 0.3) is 5.78 Å². The minimum atomic E-state index is -0.384. The van der Waals surface area contributed by atoms with Crippen LogP contribution in [0.3, 0.4) is 0 Å². The van der Waals surface area contributed by atoms with Crippen LogP contribution in [0.4, 0.5) is 5.95 Å². The van der Waals surface area contributed by atoms with Crippen molar-refractivity contribution in [3.05, 3.63) is 36.4 Å². The second-order valence-corrected chi connectivity index (χ2v) is 4.66. The maximum absolute atomic E-state index is 12.4. The van der Waals surface area contributed by atoms with Crippen LogP contribution in [0, 0.1) is 6.92 Å². The van der Waals surface area contributed by atoms with Gasteiger partial charge in [-0.3, -0.25) is 19.2 Å². The predicted molar refractivity (Wildman–Crippen MR) is 75.7 cm³/mol. The van der Waals surface area contributed by atoms with Gasteiger partial charge in [0, 0.05) is 24.3 Å². The highest BCUT2D eigenvalue weighted by atomic mass is 16.2. The van der Waals surface area contributed by atoms with Crippen LogP contribution < -0.4 is 5.32 Å². The Balaban J connectivity index is 1.86. The lowest BCUT2D eigenvalue weighted by molar-refractivity contribution is -0.119. The van der Waals surface area contributed by atoms with Gasteiger partial charge in [0.1, 0.15) is 6.04 Å². The number of aromatic nitrogens is 6. The van der Waals surface area contributed by atoms with Crippen molar-refractivity contribution in [2.45, 2.75) is 26.3 Å². The monoisotopic (exact) mass is 285 g/mol. The van der Waals surface area contributed by atoms with E-state index in [1.807, 2.05) is 19.9 Å². The molecular formula is C13H15N7O. The minimum Gasteiger partial charge on any atom is -0.292 e. The van der Waals surface area contributed by atoms with Gasteiger partial charge in [0.2, 0.25) is 5.95 Å². The van der Waals surface area contributed by atoms with Gasteiger partial charge in [-0.15, -0.1) is 10.2 Å². The molecule has 3 rings (SSSR count). The number of rotatable bonds is 4. The zero-order chi connectivity index (χ0) is 14.8. The van der Waals surface area contributed by atoms with Gasteiger partial charge in [0.15, 0.2) is 0 Å². The Hall–Kier alpha value is -2.77. The summed E-state index contributed by atoms with van der Waals surface area (Å²) in [5.41, 5.74) is 0.843. The predicted octanol–water partition coefficient (Wildman–Crippen LogP) is 1.22. The topological polar surface area (TPSA) is 90.0 Å². The lowest BCUT2D eigenvalue weighted by Crippen LogP contribution is -2.26. The lowest BCUT2D eigenvalue weighted by Gasteiger charge is -2.14. The number of hydrogen-bond donors (Lipinski definition) is 1. The van der Waals surface area contributed by atoms with E-state index in [0.29, 0.717) is 18.1 Å². The van der Waals surface area contributed by atoms with Crippen molar-refractivity contribution in [2.75, 3.05) is 5.32 Å². The molecule has 3 aromatic heterocycles. The molecule has 108 valence electrons. The lowest BCUT2D eigenvalue weighted by atomic mass is 10.2. The van der Waals surface area contributed by atoms with E-state index < -0.39 is 0 Å². The summed E-state index contributed by atoms with van der Waals surface area (Å²) < 4.78 is 3.27. The van der Waals surface area contributed by atoms with E-state index in [0.717, 1.165) is 5.69 Å². The summed E-state index contributed by atoms with van der Waals surface area (Å²) in [6, 6.07) is 3.23. The van der Waals surface area contributed by atoms with E-state index in [2.05, 4.69) is 25.6 Å². The molecule has 0 saturated carbocycles. The summed E-state index contributed by atoms with van der Waals surface area (Å²) in [7, 11) is 0. The third-order valence-electron chi connectivity index (χ3n) is 3.19. The SMILES string of the molecule is CC[C@@H](C(=O)Nc1nnc2nc(C)ccn12)n1cccn1. The molecule has 8 nitrogen and oxygen atoms in total. The normalized spacial score (nSPS) is 12.5. The first kappa shape index (κ1) is 13.2. The second-order valence-electron chi connectivity index (χ2n) is 4.66. The molecular weight excluding hydrogens is 270 g/mol. The van der Waals surface area contributed by atoms with Gasteiger partial charge in [-0.2, -0.15) is 5.10 Å². The van der Waals surface area contributed by atoms with Gasteiger partial charge >= 0.3 is 0 Å². The molecule has 1 N–H and O–H groups in total. The smallest absolute Gasteiger partial charge is 0.256 e. The molecule has 3 heterocycles. The highest BCUT2D eigenvalue weighted by Crippen LogP contribution is 2.14. The Morgan fingerprint density at radius 1 is 1.38 bits per heavy atom. The zero-order valence-electron chi connectivity index (χ0n) is 11.8. The molecule has 0 radical (unpaired) electrons. The first-order valence-electron chi connectivity index (χ1n) is 6.67.